The van der Waals surface area contributed by atoms with E-state index in [2.05, 4.69) is 0 Å². The van der Waals surface area contributed by atoms with Crippen LogP contribution in [0.3, 0.4) is 0 Å². The summed E-state index contributed by atoms with van der Waals surface area (Å²) in [6, 6.07) is 0. The third-order valence-electron chi connectivity index (χ3n) is 3.06. The quantitative estimate of drug-likeness (QED) is 0.634. The van der Waals surface area contributed by atoms with Crippen LogP contribution in [0.1, 0.15) is 25.7 Å². The summed E-state index contributed by atoms with van der Waals surface area (Å²) in [6.07, 6.45) is 10.6. The molecular formula is C12H14O2. The van der Waals surface area contributed by atoms with Crippen LogP contribution < -0.4 is 0 Å². The maximum Gasteiger partial charge on any atom is 0.155 e. The highest BCUT2D eigenvalue weighted by molar-refractivity contribution is 5.91. The Hall–Kier alpha value is -1.18. The molecule has 0 N–H and O–H groups in total. The van der Waals surface area contributed by atoms with Gasteiger partial charge < -0.3 is 0 Å². The second-order valence-electron chi connectivity index (χ2n) is 4.06. The van der Waals surface area contributed by atoms with Crippen molar-refractivity contribution < 1.29 is 9.59 Å². The first-order valence-electron chi connectivity index (χ1n) is 5.18. The molecule has 2 nitrogen and oxygen atoms in total. The summed E-state index contributed by atoms with van der Waals surface area (Å²) in [6.45, 7) is 0. The van der Waals surface area contributed by atoms with Gasteiger partial charge in [-0.2, -0.15) is 0 Å². The van der Waals surface area contributed by atoms with Crippen molar-refractivity contribution in [3.05, 3.63) is 24.3 Å². The molecule has 0 saturated heterocycles. The number of hydrogen-bond donors (Lipinski definition) is 0. The molecular weight excluding hydrogens is 176 g/mol. The van der Waals surface area contributed by atoms with Gasteiger partial charge in [0.25, 0.3) is 0 Å². The van der Waals surface area contributed by atoms with Crippen molar-refractivity contribution in [2.75, 3.05) is 0 Å². The van der Waals surface area contributed by atoms with Crippen LogP contribution in [-0.4, -0.2) is 11.6 Å². The van der Waals surface area contributed by atoms with Gasteiger partial charge in [-0.05, 0) is 36.8 Å². The van der Waals surface area contributed by atoms with Crippen LogP contribution in [0.15, 0.2) is 24.3 Å². The molecule has 2 aliphatic rings. The van der Waals surface area contributed by atoms with E-state index in [9.17, 15) is 9.59 Å². The summed E-state index contributed by atoms with van der Waals surface area (Å²) in [4.78, 5) is 22.0. The minimum atomic E-state index is 0.233. The zero-order valence-corrected chi connectivity index (χ0v) is 8.11. The lowest BCUT2D eigenvalue weighted by Gasteiger charge is -2.25. The fourth-order valence-electron chi connectivity index (χ4n) is 2.15. The van der Waals surface area contributed by atoms with Crippen LogP contribution in [0.5, 0.6) is 0 Å². The van der Waals surface area contributed by atoms with Crippen molar-refractivity contribution >= 4 is 11.6 Å². The van der Waals surface area contributed by atoms with E-state index in [-0.39, 0.29) is 11.6 Å². The Balaban J connectivity index is 2.03. The molecule has 0 aromatic heterocycles. The van der Waals surface area contributed by atoms with Gasteiger partial charge in [0.2, 0.25) is 0 Å². The topological polar surface area (TPSA) is 34.1 Å². The molecule has 0 spiro atoms. The lowest BCUT2D eigenvalue weighted by Crippen LogP contribution is -2.19. The molecule has 74 valence electrons. The molecule has 2 aliphatic carbocycles. The van der Waals surface area contributed by atoms with Gasteiger partial charge in [0.05, 0.1) is 0 Å². The SMILES string of the molecule is O=C1C=C[C@H]([C@H]2C=CC(=O)CC2)CC1. The Kier molecular flexibility index (Phi) is 2.62. The van der Waals surface area contributed by atoms with E-state index in [0.29, 0.717) is 24.7 Å². The van der Waals surface area contributed by atoms with E-state index in [1.165, 1.54) is 0 Å². The molecule has 0 fully saturated rings. The molecule has 2 rings (SSSR count). The van der Waals surface area contributed by atoms with Crippen LogP contribution in [0.2, 0.25) is 0 Å². The summed E-state index contributed by atoms with van der Waals surface area (Å²) in [7, 11) is 0. The van der Waals surface area contributed by atoms with Crippen LogP contribution in [0, 0.1) is 11.8 Å². The van der Waals surface area contributed by atoms with Crippen LogP contribution in [0.25, 0.3) is 0 Å². The first-order valence-corrected chi connectivity index (χ1v) is 5.18. The van der Waals surface area contributed by atoms with E-state index in [4.69, 9.17) is 0 Å². The molecule has 0 saturated carbocycles. The van der Waals surface area contributed by atoms with Gasteiger partial charge in [0.1, 0.15) is 0 Å². The summed E-state index contributed by atoms with van der Waals surface area (Å²) in [5.41, 5.74) is 0. The molecule has 0 bridgehead atoms. The monoisotopic (exact) mass is 190 g/mol. The van der Waals surface area contributed by atoms with Crippen molar-refractivity contribution in [1.29, 1.82) is 0 Å². The standard InChI is InChI=1S/C12H14O2/c13-11-5-1-9(2-6-11)10-3-7-12(14)8-4-10/h1,3,5,7,9-10H,2,4,6,8H2/t9-,10-/m0/s1. The average molecular weight is 190 g/mol. The maximum atomic E-state index is 11.0. The number of carbonyl (C=O) groups excluding carboxylic acids is 2. The maximum absolute atomic E-state index is 11.0. The van der Waals surface area contributed by atoms with Crippen LogP contribution in [-0.2, 0) is 9.59 Å². The van der Waals surface area contributed by atoms with E-state index in [0.717, 1.165) is 12.8 Å². The van der Waals surface area contributed by atoms with Crippen LogP contribution >= 0.6 is 0 Å². The third-order valence-corrected chi connectivity index (χ3v) is 3.06. The Morgan fingerprint density at radius 1 is 0.857 bits per heavy atom. The van der Waals surface area contributed by atoms with Crippen molar-refractivity contribution in [2.45, 2.75) is 25.7 Å². The van der Waals surface area contributed by atoms with Gasteiger partial charge in [-0.25, -0.2) is 0 Å². The minimum Gasteiger partial charge on any atom is -0.295 e. The molecule has 0 unspecified atom stereocenters. The second kappa shape index (κ2) is 3.91. The van der Waals surface area contributed by atoms with E-state index in [1.54, 1.807) is 12.2 Å². The number of carbonyl (C=O) groups is 2. The molecule has 0 radical (unpaired) electrons. The molecule has 0 aromatic carbocycles. The van der Waals surface area contributed by atoms with Gasteiger partial charge in [-0.3, -0.25) is 9.59 Å². The summed E-state index contributed by atoms with van der Waals surface area (Å²) < 4.78 is 0. The van der Waals surface area contributed by atoms with E-state index < -0.39 is 0 Å². The molecule has 0 amide bonds. The first kappa shape index (κ1) is 9.38. The van der Waals surface area contributed by atoms with E-state index >= 15 is 0 Å². The van der Waals surface area contributed by atoms with Gasteiger partial charge in [-0.1, -0.05) is 12.2 Å². The summed E-state index contributed by atoms with van der Waals surface area (Å²) in [5.74, 6) is 1.41. The summed E-state index contributed by atoms with van der Waals surface area (Å²) >= 11 is 0. The normalized spacial score (nSPS) is 32.3. The van der Waals surface area contributed by atoms with Gasteiger partial charge in [0, 0.05) is 12.8 Å². The van der Waals surface area contributed by atoms with Crippen molar-refractivity contribution in [2.24, 2.45) is 11.8 Å². The number of ketones is 2. The van der Waals surface area contributed by atoms with Gasteiger partial charge in [0.15, 0.2) is 11.6 Å². The molecule has 0 aliphatic heterocycles. The van der Waals surface area contributed by atoms with Crippen molar-refractivity contribution in [3.63, 3.8) is 0 Å². The number of hydrogen-bond acceptors (Lipinski definition) is 2. The smallest absolute Gasteiger partial charge is 0.155 e. The lowest BCUT2D eigenvalue weighted by molar-refractivity contribution is -0.116. The number of allylic oxidation sites excluding steroid dienone is 4. The summed E-state index contributed by atoms with van der Waals surface area (Å²) in [5, 5.41) is 0. The predicted octanol–water partition coefficient (Wildman–Crippen LogP) is 2.06. The molecule has 0 aromatic rings. The van der Waals surface area contributed by atoms with Crippen LogP contribution in [0.4, 0.5) is 0 Å². The third kappa shape index (κ3) is 2.00. The minimum absolute atomic E-state index is 0.233. The Labute approximate surface area is 83.7 Å². The van der Waals surface area contributed by atoms with Crippen molar-refractivity contribution in [3.8, 4) is 0 Å². The van der Waals surface area contributed by atoms with E-state index in [1.807, 2.05) is 12.2 Å². The zero-order valence-electron chi connectivity index (χ0n) is 8.11. The molecule has 2 atom stereocenters. The fraction of sp³-hybridized carbons (Fsp3) is 0.500. The zero-order chi connectivity index (χ0) is 9.97. The Morgan fingerprint density at radius 2 is 1.29 bits per heavy atom. The first-order chi connectivity index (χ1) is 6.75. The Morgan fingerprint density at radius 3 is 1.57 bits per heavy atom. The lowest BCUT2D eigenvalue weighted by atomic mass is 9.79. The highest BCUT2D eigenvalue weighted by Gasteiger charge is 2.23. The average Bonchev–Trinajstić information content (AvgIpc) is 2.21. The highest BCUT2D eigenvalue weighted by Crippen LogP contribution is 2.30. The Bertz CT molecular complexity index is 280. The highest BCUT2D eigenvalue weighted by atomic mass is 16.1. The predicted molar refractivity (Wildman–Crippen MR) is 53.7 cm³/mol. The molecule has 2 heteroatoms. The molecule has 0 heterocycles. The largest absolute Gasteiger partial charge is 0.295 e. The fourth-order valence-corrected chi connectivity index (χ4v) is 2.15. The van der Waals surface area contributed by atoms with Crippen molar-refractivity contribution in [1.82, 2.24) is 0 Å². The number of rotatable bonds is 1. The second-order valence-corrected chi connectivity index (χ2v) is 4.06. The van der Waals surface area contributed by atoms with Gasteiger partial charge >= 0.3 is 0 Å². The van der Waals surface area contributed by atoms with Gasteiger partial charge in [-0.15, -0.1) is 0 Å². The molecule has 14 heavy (non-hydrogen) atoms.